The van der Waals surface area contributed by atoms with E-state index in [2.05, 4.69) is 22.0 Å². The summed E-state index contributed by atoms with van der Waals surface area (Å²) in [6.45, 7) is 1.68. The molecule has 0 aromatic carbocycles. The fourth-order valence-electron chi connectivity index (χ4n) is 4.46. The monoisotopic (exact) mass is 318 g/mol. The van der Waals surface area contributed by atoms with Gasteiger partial charge in [0.05, 0.1) is 11.8 Å². The van der Waals surface area contributed by atoms with Crippen LogP contribution in [0.4, 0.5) is 0 Å². The number of pyridine rings is 1. The molecule has 1 spiro atoms. The van der Waals surface area contributed by atoms with Crippen molar-refractivity contribution in [1.82, 2.24) is 9.88 Å². The van der Waals surface area contributed by atoms with Crippen molar-refractivity contribution >= 4 is 11.5 Å². The Balaban J connectivity index is 1.62. The highest BCUT2D eigenvalue weighted by Crippen LogP contribution is 2.53. The van der Waals surface area contributed by atoms with E-state index in [-0.39, 0.29) is 23.7 Å². The van der Waals surface area contributed by atoms with Gasteiger partial charge < -0.3 is 4.90 Å². The van der Waals surface area contributed by atoms with E-state index >= 15 is 0 Å². The van der Waals surface area contributed by atoms with Gasteiger partial charge in [-0.25, -0.2) is 0 Å². The predicted molar refractivity (Wildman–Crippen MR) is 87.1 cm³/mol. The number of nitriles is 2. The second kappa shape index (κ2) is 5.46. The standard InChI is InChI=1S/C19H18N4O/c20-10-13-8-19(9-13)2-5-23(6-3-19)18-15-1-4-22-12-14(15)7-17(24)16(18)11-21/h1,4,12-13H,2-3,5-9H2. The Hall–Kier alpha value is -2.66. The molecule has 2 fully saturated rings. The van der Waals surface area contributed by atoms with Crippen molar-refractivity contribution in [2.75, 3.05) is 13.1 Å². The lowest BCUT2D eigenvalue weighted by Crippen LogP contribution is -2.46. The molecular formula is C19H18N4O. The molecule has 0 unspecified atom stereocenters. The molecule has 2 aliphatic carbocycles. The van der Waals surface area contributed by atoms with Crippen molar-refractivity contribution in [2.45, 2.75) is 32.1 Å². The summed E-state index contributed by atoms with van der Waals surface area (Å²) in [7, 11) is 0. The number of rotatable bonds is 1. The maximum absolute atomic E-state index is 12.3. The van der Waals surface area contributed by atoms with E-state index < -0.39 is 0 Å². The SMILES string of the molecule is N#CC1=C(N2CCC3(CC2)CC(C#N)C3)c2ccncc2CC1=O. The number of likely N-dealkylation sites (tertiary alicyclic amines) is 1. The van der Waals surface area contributed by atoms with Crippen LogP contribution in [0.2, 0.25) is 0 Å². The smallest absolute Gasteiger partial charge is 0.179 e. The number of hydrogen-bond acceptors (Lipinski definition) is 5. The molecule has 3 aliphatic rings. The number of allylic oxidation sites excluding steroid dienone is 1. The minimum Gasteiger partial charge on any atom is -0.370 e. The van der Waals surface area contributed by atoms with E-state index in [0.29, 0.717) is 5.41 Å². The molecule has 1 aromatic heterocycles. The van der Waals surface area contributed by atoms with Gasteiger partial charge in [0.25, 0.3) is 0 Å². The number of hydrogen-bond donors (Lipinski definition) is 0. The molecule has 0 radical (unpaired) electrons. The average molecular weight is 318 g/mol. The third-order valence-corrected chi connectivity index (χ3v) is 5.82. The first-order valence-corrected chi connectivity index (χ1v) is 8.41. The maximum atomic E-state index is 12.3. The van der Waals surface area contributed by atoms with Crippen LogP contribution in [-0.4, -0.2) is 28.8 Å². The quantitative estimate of drug-likeness (QED) is 0.794. The normalized spacial score (nSPS) is 22.6. The van der Waals surface area contributed by atoms with Crippen LogP contribution in [0.5, 0.6) is 0 Å². The maximum Gasteiger partial charge on any atom is 0.179 e. The molecule has 1 saturated heterocycles. The minimum atomic E-state index is -0.110. The summed E-state index contributed by atoms with van der Waals surface area (Å²) in [5.74, 6) is 0.106. The van der Waals surface area contributed by atoms with E-state index in [1.807, 2.05) is 6.07 Å². The Labute approximate surface area is 141 Å². The van der Waals surface area contributed by atoms with Crippen molar-refractivity contribution in [1.29, 1.82) is 10.5 Å². The molecule has 5 nitrogen and oxygen atoms in total. The summed E-state index contributed by atoms with van der Waals surface area (Å²) >= 11 is 0. The molecule has 120 valence electrons. The van der Waals surface area contributed by atoms with Crippen LogP contribution in [0.1, 0.15) is 36.8 Å². The largest absolute Gasteiger partial charge is 0.370 e. The molecule has 2 heterocycles. The Morgan fingerprint density at radius 2 is 2.00 bits per heavy atom. The molecule has 1 aromatic rings. The van der Waals surface area contributed by atoms with Crippen molar-refractivity contribution in [3.8, 4) is 12.1 Å². The number of Topliss-reactive ketones (excluding diaryl/α,β-unsaturated/α-hetero) is 1. The highest BCUT2D eigenvalue weighted by Gasteiger charge is 2.46. The van der Waals surface area contributed by atoms with Gasteiger partial charge in [-0.15, -0.1) is 0 Å². The lowest BCUT2D eigenvalue weighted by atomic mass is 9.58. The molecule has 0 atom stereocenters. The van der Waals surface area contributed by atoms with Crippen LogP contribution in [-0.2, 0) is 11.2 Å². The molecule has 0 bridgehead atoms. The topological polar surface area (TPSA) is 80.8 Å². The Kier molecular flexibility index (Phi) is 3.39. The number of ketones is 1. The third kappa shape index (κ3) is 2.20. The van der Waals surface area contributed by atoms with Gasteiger partial charge in [0.15, 0.2) is 5.78 Å². The highest BCUT2D eigenvalue weighted by molar-refractivity contribution is 6.09. The molecule has 0 amide bonds. The molecule has 4 rings (SSSR count). The number of fused-ring (bicyclic) bond motifs is 1. The zero-order valence-electron chi connectivity index (χ0n) is 13.5. The van der Waals surface area contributed by atoms with Gasteiger partial charge in [0.2, 0.25) is 0 Å². The van der Waals surface area contributed by atoms with E-state index in [0.717, 1.165) is 55.6 Å². The second-order valence-electron chi connectivity index (χ2n) is 7.19. The van der Waals surface area contributed by atoms with E-state index in [9.17, 15) is 10.1 Å². The Morgan fingerprint density at radius 3 is 2.67 bits per heavy atom. The number of aromatic nitrogens is 1. The summed E-state index contributed by atoms with van der Waals surface area (Å²) in [5, 5.41) is 18.5. The fourth-order valence-corrected chi connectivity index (χ4v) is 4.46. The summed E-state index contributed by atoms with van der Waals surface area (Å²) in [6.07, 6.45) is 7.78. The van der Waals surface area contributed by atoms with Crippen molar-refractivity contribution in [2.24, 2.45) is 11.3 Å². The molecule has 1 aliphatic heterocycles. The van der Waals surface area contributed by atoms with Crippen LogP contribution in [0.25, 0.3) is 5.70 Å². The lowest BCUT2D eigenvalue weighted by molar-refractivity contribution is -0.114. The van der Waals surface area contributed by atoms with Gasteiger partial charge >= 0.3 is 0 Å². The van der Waals surface area contributed by atoms with Crippen LogP contribution in [0.3, 0.4) is 0 Å². The zero-order valence-corrected chi connectivity index (χ0v) is 13.5. The number of piperidine rings is 1. The van der Waals surface area contributed by atoms with Crippen molar-refractivity contribution < 1.29 is 4.79 Å². The fraction of sp³-hybridized carbons (Fsp3) is 0.474. The number of nitrogens with zero attached hydrogens (tertiary/aromatic N) is 4. The highest BCUT2D eigenvalue weighted by atomic mass is 16.1. The number of carbonyl (C=O) groups is 1. The summed E-state index contributed by atoms with van der Waals surface area (Å²) in [5.41, 5.74) is 3.26. The van der Waals surface area contributed by atoms with Crippen LogP contribution in [0.15, 0.2) is 24.0 Å². The predicted octanol–water partition coefficient (Wildman–Crippen LogP) is 2.46. The van der Waals surface area contributed by atoms with E-state index in [1.54, 1.807) is 12.4 Å². The first-order valence-electron chi connectivity index (χ1n) is 8.41. The van der Waals surface area contributed by atoms with Crippen molar-refractivity contribution in [3.63, 3.8) is 0 Å². The molecule has 24 heavy (non-hydrogen) atoms. The van der Waals surface area contributed by atoms with Gasteiger partial charge in [-0.3, -0.25) is 9.78 Å². The molecule has 1 saturated carbocycles. The van der Waals surface area contributed by atoms with E-state index in [4.69, 9.17) is 5.26 Å². The molecule has 0 N–H and O–H groups in total. The van der Waals surface area contributed by atoms with Gasteiger partial charge in [-0.1, -0.05) is 0 Å². The lowest BCUT2D eigenvalue weighted by Gasteiger charge is -2.51. The zero-order chi connectivity index (χ0) is 16.7. The first-order chi connectivity index (χ1) is 11.7. The van der Waals surface area contributed by atoms with Gasteiger partial charge in [-0.05, 0) is 42.7 Å². The third-order valence-electron chi connectivity index (χ3n) is 5.82. The molecule has 5 heteroatoms. The first kappa shape index (κ1) is 14.9. The van der Waals surface area contributed by atoms with Crippen LogP contribution >= 0.6 is 0 Å². The average Bonchev–Trinajstić information content (AvgIpc) is 2.58. The molecular weight excluding hydrogens is 300 g/mol. The Morgan fingerprint density at radius 1 is 1.25 bits per heavy atom. The Bertz CT molecular complexity index is 811. The number of carbonyl (C=O) groups excluding carboxylic acids is 1. The van der Waals surface area contributed by atoms with E-state index in [1.165, 1.54) is 0 Å². The van der Waals surface area contributed by atoms with Crippen molar-refractivity contribution in [3.05, 3.63) is 35.2 Å². The summed E-state index contributed by atoms with van der Waals surface area (Å²) in [6, 6.07) is 6.41. The van der Waals surface area contributed by atoms with Gasteiger partial charge in [0, 0.05) is 43.4 Å². The summed E-state index contributed by atoms with van der Waals surface area (Å²) < 4.78 is 0. The van der Waals surface area contributed by atoms with Gasteiger partial charge in [0.1, 0.15) is 11.6 Å². The minimum absolute atomic E-state index is 0.110. The van der Waals surface area contributed by atoms with Gasteiger partial charge in [-0.2, -0.15) is 10.5 Å². The summed E-state index contributed by atoms with van der Waals surface area (Å²) in [4.78, 5) is 18.7. The second-order valence-corrected chi connectivity index (χ2v) is 7.19. The van der Waals surface area contributed by atoms with Crippen LogP contribution in [0, 0.1) is 34.0 Å². The van der Waals surface area contributed by atoms with Crippen LogP contribution < -0.4 is 0 Å².